The lowest BCUT2D eigenvalue weighted by Gasteiger charge is -2.26. The van der Waals surface area contributed by atoms with Crippen molar-refractivity contribution < 1.29 is 9.15 Å². The summed E-state index contributed by atoms with van der Waals surface area (Å²) in [6, 6.07) is 2.10. The van der Waals surface area contributed by atoms with E-state index in [-0.39, 0.29) is 21.7 Å². The Morgan fingerprint density at radius 3 is 2.80 bits per heavy atom. The van der Waals surface area contributed by atoms with Crippen molar-refractivity contribution >= 4 is 29.1 Å². The van der Waals surface area contributed by atoms with E-state index in [1.807, 2.05) is 6.08 Å². The second kappa shape index (κ2) is 7.55. The van der Waals surface area contributed by atoms with Crippen LogP contribution in [-0.4, -0.2) is 49.3 Å². The summed E-state index contributed by atoms with van der Waals surface area (Å²) in [4.78, 5) is 6.68. The minimum atomic E-state index is -0.0440. The summed E-state index contributed by atoms with van der Waals surface area (Å²) in [6.07, 6.45) is 1.82. The molecule has 2 fully saturated rings. The molecule has 1 aliphatic heterocycles. The molecule has 0 amide bonds. The maximum atomic E-state index is 9.33. The summed E-state index contributed by atoms with van der Waals surface area (Å²) in [5.41, 5.74) is 0.247. The number of halogens is 2. The first kappa shape index (κ1) is 18.5. The van der Waals surface area contributed by atoms with E-state index in [2.05, 4.69) is 35.1 Å². The third kappa shape index (κ3) is 4.12. The van der Waals surface area contributed by atoms with Gasteiger partial charge in [-0.25, -0.2) is 4.98 Å². The zero-order valence-corrected chi connectivity index (χ0v) is 15.9. The van der Waals surface area contributed by atoms with Gasteiger partial charge in [0.1, 0.15) is 10.6 Å². The van der Waals surface area contributed by atoms with E-state index in [9.17, 15) is 5.26 Å². The monoisotopic (exact) mass is 384 g/mol. The molecule has 25 heavy (non-hydrogen) atoms. The summed E-state index contributed by atoms with van der Waals surface area (Å²) in [7, 11) is 0. The number of rotatable bonds is 6. The Morgan fingerprint density at radius 1 is 1.44 bits per heavy atom. The van der Waals surface area contributed by atoms with Gasteiger partial charge in [-0.15, -0.1) is 0 Å². The SMILES string of the molecule is CC1(C)C(C=C(Cl)Cl)C1c1nc(C#N)c(NCCN2CCOCC2)o1. The minimum absolute atomic E-state index is 0.0440. The smallest absolute Gasteiger partial charge is 0.232 e. The summed E-state index contributed by atoms with van der Waals surface area (Å²) in [5, 5.41) is 12.5. The van der Waals surface area contributed by atoms with E-state index in [4.69, 9.17) is 32.4 Å². The number of hydrogen-bond acceptors (Lipinski definition) is 6. The standard InChI is InChI=1S/C17H22Cl2N4O2/c1-17(2)11(9-13(18)19)14(17)16-22-12(10-20)15(25-16)21-3-4-23-5-7-24-8-6-23/h9,11,14,21H,3-8H2,1-2H3. The number of anilines is 1. The number of oxazole rings is 1. The fourth-order valence-electron chi connectivity index (χ4n) is 3.41. The molecule has 0 radical (unpaired) electrons. The lowest BCUT2D eigenvalue weighted by atomic mass is 10.1. The molecule has 0 aromatic carbocycles. The molecule has 1 saturated carbocycles. The topological polar surface area (TPSA) is 74.3 Å². The van der Waals surface area contributed by atoms with Crippen LogP contribution in [0, 0.1) is 22.7 Å². The average Bonchev–Trinajstić information content (AvgIpc) is 2.92. The molecule has 2 aliphatic rings. The van der Waals surface area contributed by atoms with Gasteiger partial charge in [-0.2, -0.15) is 5.26 Å². The molecule has 1 aromatic rings. The summed E-state index contributed by atoms with van der Waals surface area (Å²) < 4.78 is 11.4. The molecule has 1 aromatic heterocycles. The highest BCUT2D eigenvalue weighted by molar-refractivity contribution is 6.55. The molecule has 2 atom stereocenters. The summed E-state index contributed by atoms with van der Waals surface area (Å²) >= 11 is 11.6. The maximum Gasteiger partial charge on any atom is 0.232 e. The van der Waals surface area contributed by atoms with Crippen molar-refractivity contribution in [2.75, 3.05) is 44.7 Å². The van der Waals surface area contributed by atoms with Crippen LogP contribution in [0.1, 0.15) is 31.4 Å². The lowest BCUT2D eigenvalue weighted by Crippen LogP contribution is -2.39. The Morgan fingerprint density at radius 2 is 2.16 bits per heavy atom. The molecule has 8 heteroatoms. The zero-order chi connectivity index (χ0) is 18.0. The molecule has 2 heterocycles. The van der Waals surface area contributed by atoms with E-state index in [1.54, 1.807) is 0 Å². The normalized spacial score (nSPS) is 25.2. The molecule has 1 N–H and O–H groups in total. The van der Waals surface area contributed by atoms with Crippen LogP contribution in [0.5, 0.6) is 0 Å². The van der Waals surface area contributed by atoms with Crippen molar-refractivity contribution in [2.45, 2.75) is 19.8 Å². The van der Waals surface area contributed by atoms with Gasteiger partial charge in [0, 0.05) is 32.1 Å². The van der Waals surface area contributed by atoms with Crippen molar-refractivity contribution in [3.63, 3.8) is 0 Å². The van der Waals surface area contributed by atoms with E-state index < -0.39 is 0 Å². The Bertz CT molecular complexity index is 685. The quantitative estimate of drug-likeness (QED) is 0.810. The highest BCUT2D eigenvalue weighted by atomic mass is 35.5. The number of nitrogens with one attached hydrogen (secondary N) is 1. The van der Waals surface area contributed by atoms with Gasteiger partial charge in [0.05, 0.1) is 13.2 Å². The van der Waals surface area contributed by atoms with Crippen LogP contribution in [0.2, 0.25) is 0 Å². The summed E-state index contributed by atoms with van der Waals surface area (Å²) in [5.74, 6) is 1.23. The molecular formula is C17H22Cl2N4O2. The zero-order valence-electron chi connectivity index (χ0n) is 14.4. The van der Waals surface area contributed by atoms with Crippen LogP contribution in [0.4, 0.5) is 5.88 Å². The third-order valence-corrected chi connectivity index (χ3v) is 5.30. The predicted molar refractivity (Wildman–Crippen MR) is 96.8 cm³/mol. The molecule has 3 rings (SSSR count). The molecule has 0 spiro atoms. The van der Waals surface area contributed by atoms with Crippen molar-refractivity contribution in [3.8, 4) is 6.07 Å². The number of ether oxygens (including phenoxy) is 1. The van der Waals surface area contributed by atoms with Gasteiger partial charge in [0.15, 0.2) is 0 Å². The number of morpholine rings is 1. The molecule has 0 bridgehead atoms. The second-order valence-electron chi connectivity index (χ2n) is 7.00. The number of aromatic nitrogens is 1. The molecule has 1 aliphatic carbocycles. The van der Waals surface area contributed by atoms with Crippen LogP contribution < -0.4 is 5.32 Å². The first-order chi connectivity index (χ1) is 11.9. The van der Waals surface area contributed by atoms with Gasteiger partial charge >= 0.3 is 0 Å². The number of nitrogens with zero attached hydrogens (tertiary/aromatic N) is 3. The van der Waals surface area contributed by atoms with Gasteiger partial charge < -0.3 is 14.5 Å². The first-order valence-corrected chi connectivity index (χ1v) is 9.16. The Hall–Kier alpha value is -1.26. The van der Waals surface area contributed by atoms with Gasteiger partial charge in [0.25, 0.3) is 0 Å². The van der Waals surface area contributed by atoms with Crippen LogP contribution >= 0.6 is 23.2 Å². The molecular weight excluding hydrogens is 363 g/mol. The largest absolute Gasteiger partial charge is 0.423 e. The van der Waals surface area contributed by atoms with Crippen molar-refractivity contribution in [2.24, 2.45) is 11.3 Å². The molecule has 2 unspecified atom stereocenters. The minimum Gasteiger partial charge on any atom is -0.423 e. The fraction of sp³-hybridized carbons (Fsp3) is 0.647. The number of nitriles is 1. The first-order valence-electron chi connectivity index (χ1n) is 8.41. The Kier molecular flexibility index (Phi) is 5.59. The number of hydrogen-bond donors (Lipinski definition) is 1. The van der Waals surface area contributed by atoms with Gasteiger partial charge in [-0.1, -0.05) is 37.0 Å². The van der Waals surface area contributed by atoms with Crippen molar-refractivity contribution in [3.05, 3.63) is 22.2 Å². The second-order valence-corrected chi connectivity index (χ2v) is 8.01. The molecule has 6 nitrogen and oxygen atoms in total. The Labute approximate surface area is 157 Å². The van der Waals surface area contributed by atoms with E-state index in [0.717, 1.165) is 32.8 Å². The van der Waals surface area contributed by atoms with Gasteiger partial charge in [0.2, 0.25) is 17.5 Å². The highest BCUT2D eigenvalue weighted by Crippen LogP contribution is 2.65. The maximum absolute atomic E-state index is 9.33. The van der Waals surface area contributed by atoms with Gasteiger partial charge in [-0.05, 0) is 17.4 Å². The predicted octanol–water partition coefficient (Wildman–Crippen LogP) is 3.35. The van der Waals surface area contributed by atoms with Crippen LogP contribution in [0.15, 0.2) is 15.0 Å². The third-order valence-electron chi connectivity index (χ3n) is 5.05. The van der Waals surface area contributed by atoms with Crippen LogP contribution in [0.3, 0.4) is 0 Å². The van der Waals surface area contributed by atoms with Crippen molar-refractivity contribution in [1.29, 1.82) is 5.26 Å². The average molecular weight is 385 g/mol. The fourth-order valence-corrected chi connectivity index (χ4v) is 3.69. The van der Waals surface area contributed by atoms with E-state index in [1.165, 1.54) is 0 Å². The Balaban J connectivity index is 1.64. The van der Waals surface area contributed by atoms with Crippen LogP contribution in [0.25, 0.3) is 0 Å². The molecule has 136 valence electrons. The number of allylic oxidation sites excluding steroid dienone is 1. The van der Waals surface area contributed by atoms with E-state index >= 15 is 0 Å². The van der Waals surface area contributed by atoms with Crippen LogP contribution in [-0.2, 0) is 4.74 Å². The van der Waals surface area contributed by atoms with Gasteiger partial charge in [-0.3, -0.25) is 4.90 Å². The summed E-state index contributed by atoms with van der Waals surface area (Å²) in [6.45, 7) is 9.17. The van der Waals surface area contributed by atoms with E-state index in [0.29, 0.717) is 24.0 Å². The highest BCUT2D eigenvalue weighted by Gasteiger charge is 2.60. The van der Waals surface area contributed by atoms with Crippen molar-refractivity contribution in [1.82, 2.24) is 9.88 Å². The molecule has 1 saturated heterocycles. The lowest BCUT2D eigenvalue weighted by molar-refractivity contribution is 0.0398.